The lowest BCUT2D eigenvalue weighted by Gasteiger charge is -2.35. The van der Waals surface area contributed by atoms with Crippen LogP contribution in [0, 0.1) is 16.9 Å². The fraction of sp³-hybridized carbons (Fsp3) is 0.900. The van der Waals surface area contributed by atoms with E-state index in [-0.39, 0.29) is 5.41 Å². The second-order valence-corrected chi connectivity index (χ2v) is 13.5. The molecule has 0 aromatic heterocycles. The highest BCUT2D eigenvalue weighted by molar-refractivity contribution is 6.89. The van der Waals surface area contributed by atoms with E-state index < -0.39 is 8.07 Å². The van der Waals surface area contributed by atoms with E-state index in [0.717, 1.165) is 11.1 Å². The summed E-state index contributed by atoms with van der Waals surface area (Å²) in [5, 5.41) is 0. The maximum absolute atomic E-state index is 3.86. The minimum Gasteiger partial charge on any atom is -0.130 e. The van der Waals surface area contributed by atoms with Gasteiger partial charge in [-0.25, -0.2) is 0 Å². The normalized spacial score (nSPS) is 12.7. The van der Waals surface area contributed by atoms with Crippen molar-refractivity contribution in [2.75, 3.05) is 0 Å². The number of hydrogen-bond donors (Lipinski definition) is 0. The van der Waals surface area contributed by atoms with E-state index in [1.54, 1.807) is 0 Å². The molecule has 0 amide bonds. The molecule has 0 aromatic carbocycles. The maximum atomic E-state index is 3.86. The van der Waals surface area contributed by atoms with Crippen LogP contribution >= 0.6 is 0 Å². The van der Waals surface area contributed by atoms with Crippen LogP contribution in [0.4, 0.5) is 0 Å². The molecule has 0 nitrogen and oxygen atoms in total. The first-order valence-corrected chi connectivity index (χ1v) is 11.6. The SMILES string of the molecule is CCCCCCCC[Si](C#CC(C)(C)C)(C(C)C)C(C)C. The van der Waals surface area contributed by atoms with E-state index in [9.17, 15) is 0 Å². The molecule has 0 spiro atoms. The molecule has 0 rings (SSSR count). The smallest absolute Gasteiger partial charge is 0.130 e. The molecule has 0 bridgehead atoms. The molecular formula is C20H40Si. The van der Waals surface area contributed by atoms with Gasteiger partial charge < -0.3 is 0 Å². The largest absolute Gasteiger partial charge is 0.143 e. The Bertz CT molecular complexity index is 314. The quantitative estimate of drug-likeness (QED) is 0.240. The fourth-order valence-electron chi connectivity index (χ4n) is 3.10. The van der Waals surface area contributed by atoms with Gasteiger partial charge in [0.1, 0.15) is 8.07 Å². The first kappa shape index (κ1) is 20.8. The summed E-state index contributed by atoms with van der Waals surface area (Å²) in [5.74, 6) is 3.60. The van der Waals surface area contributed by atoms with Gasteiger partial charge in [-0.3, -0.25) is 0 Å². The standard InChI is InChI=1S/C20H40Si/c1-9-10-11-12-13-14-16-21(18(2)3,19(4)5)17-15-20(6,7)8/h18-19H,9-14,16H2,1-8H3. The van der Waals surface area contributed by atoms with Crippen molar-refractivity contribution < 1.29 is 0 Å². The molecule has 0 unspecified atom stereocenters. The van der Waals surface area contributed by atoms with E-state index in [1.807, 2.05) is 0 Å². The van der Waals surface area contributed by atoms with Crippen LogP contribution in [-0.2, 0) is 0 Å². The molecule has 0 saturated heterocycles. The maximum Gasteiger partial charge on any atom is 0.143 e. The molecule has 0 aliphatic heterocycles. The number of unbranched alkanes of at least 4 members (excludes halogenated alkanes) is 5. The third kappa shape index (κ3) is 8.10. The molecule has 0 aliphatic carbocycles. The van der Waals surface area contributed by atoms with E-state index in [0.29, 0.717) is 0 Å². The third-order valence-electron chi connectivity index (χ3n) is 4.67. The van der Waals surface area contributed by atoms with Crippen molar-refractivity contribution in [3.63, 3.8) is 0 Å². The van der Waals surface area contributed by atoms with E-state index in [1.165, 1.54) is 44.6 Å². The van der Waals surface area contributed by atoms with Gasteiger partial charge in [-0.2, -0.15) is 0 Å². The summed E-state index contributed by atoms with van der Waals surface area (Å²) >= 11 is 0. The second-order valence-electron chi connectivity index (χ2n) is 8.37. The Morgan fingerprint density at radius 1 is 0.810 bits per heavy atom. The van der Waals surface area contributed by atoms with Gasteiger partial charge in [0, 0.05) is 5.41 Å². The molecule has 124 valence electrons. The molecule has 0 aliphatic rings. The number of hydrogen-bond acceptors (Lipinski definition) is 0. The highest BCUT2D eigenvalue weighted by Crippen LogP contribution is 2.37. The molecule has 0 fully saturated rings. The Kier molecular flexibility index (Phi) is 9.62. The van der Waals surface area contributed by atoms with Gasteiger partial charge in [-0.05, 0) is 37.9 Å². The fourth-order valence-corrected chi connectivity index (χ4v) is 7.73. The predicted octanol–water partition coefficient (Wildman–Crippen LogP) is 7.20. The average molecular weight is 309 g/mol. The molecule has 0 saturated carbocycles. The summed E-state index contributed by atoms with van der Waals surface area (Å²) in [6.07, 6.45) is 8.38. The van der Waals surface area contributed by atoms with Crippen LogP contribution < -0.4 is 0 Å². The Morgan fingerprint density at radius 2 is 1.29 bits per heavy atom. The Morgan fingerprint density at radius 3 is 1.71 bits per heavy atom. The molecule has 1 heteroatoms. The van der Waals surface area contributed by atoms with Crippen molar-refractivity contribution in [3.8, 4) is 11.5 Å². The van der Waals surface area contributed by atoms with Gasteiger partial charge in [-0.1, -0.05) is 73.1 Å². The summed E-state index contributed by atoms with van der Waals surface area (Å²) in [6.45, 7) is 18.7. The molecule has 0 aromatic rings. The van der Waals surface area contributed by atoms with Crippen LogP contribution in [0.3, 0.4) is 0 Å². The molecular weight excluding hydrogens is 268 g/mol. The van der Waals surface area contributed by atoms with Gasteiger partial charge in [0.05, 0.1) is 0 Å². The van der Waals surface area contributed by atoms with E-state index in [2.05, 4.69) is 66.9 Å². The summed E-state index contributed by atoms with van der Waals surface area (Å²) in [4.78, 5) is 0. The van der Waals surface area contributed by atoms with Crippen LogP contribution in [0.15, 0.2) is 0 Å². The highest BCUT2D eigenvalue weighted by atomic mass is 28.3. The second kappa shape index (κ2) is 9.72. The zero-order valence-corrected chi connectivity index (χ0v) is 17.1. The zero-order valence-electron chi connectivity index (χ0n) is 16.1. The summed E-state index contributed by atoms with van der Waals surface area (Å²) < 4.78 is 0. The van der Waals surface area contributed by atoms with Gasteiger partial charge in [0.2, 0.25) is 0 Å². The van der Waals surface area contributed by atoms with Crippen LogP contribution in [0.2, 0.25) is 17.1 Å². The van der Waals surface area contributed by atoms with Crippen molar-refractivity contribution >= 4 is 8.07 Å². The monoisotopic (exact) mass is 308 g/mol. The zero-order chi connectivity index (χ0) is 16.5. The van der Waals surface area contributed by atoms with Crippen LogP contribution in [0.5, 0.6) is 0 Å². The molecule has 0 radical (unpaired) electrons. The van der Waals surface area contributed by atoms with Crippen LogP contribution in [-0.4, -0.2) is 8.07 Å². The summed E-state index contributed by atoms with van der Waals surface area (Å²) in [6, 6.07) is 1.40. The van der Waals surface area contributed by atoms with Gasteiger partial charge >= 0.3 is 0 Å². The van der Waals surface area contributed by atoms with Crippen LogP contribution in [0.1, 0.15) is 93.9 Å². The molecule has 0 heterocycles. The van der Waals surface area contributed by atoms with E-state index in [4.69, 9.17) is 0 Å². The van der Waals surface area contributed by atoms with Crippen molar-refractivity contribution in [1.82, 2.24) is 0 Å². The highest BCUT2D eigenvalue weighted by Gasteiger charge is 2.38. The Balaban J connectivity index is 4.77. The summed E-state index contributed by atoms with van der Waals surface area (Å²) in [7, 11) is -1.49. The molecule has 21 heavy (non-hydrogen) atoms. The van der Waals surface area contributed by atoms with Crippen LogP contribution in [0.25, 0.3) is 0 Å². The minimum absolute atomic E-state index is 0.142. The summed E-state index contributed by atoms with van der Waals surface area (Å²) in [5.41, 5.74) is 5.54. The number of rotatable bonds is 9. The lowest BCUT2D eigenvalue weighted by molar-refractivity contribution is 0.571. The topological polar surface area (TPSA) is 0 Å². The van der Waals surface area contributed by atoms with Crippen molar-refractivity contribution in [2.45, 2.75) is 111 Å². The Labute approximate surface area is 136 Å². The first-order chi connectivity index (χ1) is 9.65. The predicted molar refractivity (Wildman–Crippen MR) is 101 cm³/mol. The van der Waals surface area contributed by atoms with Gasteiger partial charge in [0.15, 0.2) is 0 Å². The van der Waals surface area contributed by atoms with E-state index >= 15 is 0 Å². The average Bonchev–Trinajstić information content (AvgIpc) is 2.35. The minimum atomic E-state index is -1.49. The molecule has 0 atom stereocenters. The van der Waals surface area contributed by atoms with Gasteiger partial charge in [0.25, 0.3) is 0 Å². The van der Waals surface area contributed by atoms with Crippen molar-refractivity contribution in [2.24, 2.45) is 5.41 Å². The van der Waals surface area contributed by atoms with Crippen molar-refractivity contribution in [3.05, 3.63) is 0 Å². The third-order valence-corrected chi connectivity index (χ3v) is 10.6. The Hall–Kier alpha value is -0.223. The molecule has 0 N–H and O–H groups in total. The first-order valence-electron chi connectivity index (χ1n) is 9.20. The van der Waals surface area contributed by atoms with Crippen molar-refractivity contribution in [1.29, 1.82) is 0 Å². The lowest BCUT2D eigenvalue weighted by atomic mass is 9.99. The lowest BCUT2D eigenvalue weighted by Crippen LogP contribution is -2.40. The van der Waals surface area contributed by atoms with Gasteiger partial charge in [-0.15, -0.1) is 11.5 Å².